The Morgan fingerprint density at radius 2 is 2.11 bits per heavy atom. The molecule has 2 atom stereocenters. The molecule has 1 aromatic rings. The number of benzene rings is 1. The summed E-state index contributed by atoms with van der Waals surface area (Å²) in [5, 5.41) is 3.58. The Bertz CT molecular complexity index is 408. The molecule has 1 aliphatic rings. The fraction of sp³-hybridized carbons (Fsp3) is 0.625. The van der Waals surface area contributed by atoms with Crippen LogP contribution in [0.1, 0.15) is 44.6 Å². The van der Waals surface area contributed by atoms with E-state index < -0.39 is 0 Å². The monoisotopic (exact) mass is 327 g/mol. The van der Waals surface area contributed by atoms with Crippen molar-refractivity contribution in [1.82, 2.24) is 5.32 Å². The van der Waals surface area contributed by atoms with Crippen molar-refractivity contribution in [2.24, 2.45) is 5.92 Å². The second kappa shape index (κ2) is 7.39. The van der Waals surface area contributed by atoms with Gasteiger partial charge in [-0.05, 0) is 55.5 Å². The molecular weight excluding hydrogens is 305 g/mol. The zero-order valence-corrected chi connectivity index (χ0v) is 13.2. The average Bonchev–Trinajstić information content (AvgIpc) is 2.60. The molecule has 19 heavy (non-hydrogen) atoms. The zero-order valence-electron chi connectivity index (χ0n) is 11.6. The van der Waals surface area contributed by atoms with E-state index in [-0.39, 0.29) is 5.82 Å². The Morgan fingerprint density at radius 1 is 1.32 bits per heavy atom. The van der Waals surface area contributed by atoms with Gasteiger partial charge in [-0.2, -0.15) is 0 Å². The summed E-state index contributed by atoms with van der Waals surface area (Å²) in [6, 6.07) is 5.66. The summed E-state index contributed by atoms with van der Waals surface area (Å²) in [4.78, 5) is 0. The summed E-state index contributed by atoms with van der Waals surface area (Å²) < 4.78 is 14.4. The molecule has 2 unspecified atom stereocenters. The highest BCUT2D eigenvalue weighted by Gasteiger charge is 2.20. The smallest absolute Gasteiger partial charge is 0.123 e. The van der Waals surface area contributed by atoms with Gasteiger partial charge in [0.25, 0.3) is 0 Å². The third-order valence-electron chi connectivity index (χ3n) is 4.04. The number of rotatable bonds is 4. The van der Waals surface area contributed by atoms with Gasteiger partial charge in [-0.15, -0.1) is 0 Å². The maximum atomic E-state index is 13.3. The van der Waals surface area contributed by atoms with Gasteiger partial charge < -0.3 is 5.32 Å². The number of nitrogens with one attached hydrogen (secondary N) is 1. The third-order valence-corrected chi connectivity index (χ3v) is 4.82. The van der Waals surface area contributed by atoms with Crippen molar-refractivity contribution < 1.29 is 4.39 Å². The molecule has 0 aromatic heterocycles. The molecule has 1 aromatic carbocycles. The lowest BCUT2D eigenvalue weighted by Gasteiger charge is -2.21. The summed E-state index contributed by atoms with van der Waals surface area (Å²) in [5.74, 6) is 0.541. The van der Waals surface area contributed by atoms with Gasteiger partial charge in [0.05, 0.1) is 0 Å². The first-order valence-electron chi connectivity index (χ1n) is 7.36. The second-order valence-electron chi connectivity index (χ2n) is 5.58. The second-order valence-corrected chi connectivity index (χ2v) is 6.43. The molecule has 1 fully saturated rings. The van der Waals surface area contributed by atoms with Crippen LogP contribution in [0.4, 0.5) is 4.39 Å². The Labute approximate surface area is 124 Å². The maximum Gasteiger partial charge on any atom is 0.123 e. The first-order chi connectivity index (χ1) is 9.19. The van der Waals surface area contributed by atoms with E-state index in [1.54, 1.807) is 6.07 Å². The lowest BCUT2D eigenvalue weighted by molar-refractivity contribution is 0.388. The predicted molar refractivity (Wildman–Crippen MR) is 81.8 cm³/mol. The van der Waals surface area contributed by atoms with E-state index in [0.717, 1.165) is 23.0 Å². The lowest BCUT2D eigenvalue weighted by atomic mass is 9.91. The van der Waals surface area contributed by atoms with Gasteiger partial charge >= 0.3 is 0 Å². The Morgan fingerprint density at radius 3 is 2.89 bits per heavy atom. The molecule has 1 N–H and O–H groups in total. The van der Waals surface area contributed by atoms with Crippen LogP contribution in [0.2, 0.25) is 0 Å². The molecule has 0 aliphatic heterocycles. The summed E-state index contributed by atoms with van der Waals surface area (Å²) in [6.45, 7) is 3.21. The van der Waals surface area contributed by atoms with Gasteiger partial charge in [-0.1, -0.05) is 42.1 Å². The van der Waals surface area contributed by atoms with Crippen molar-refractivity contribution >= 4 is 15.9 Å². The molecule has 0 bridgehead atoms. The van der Waals surface area contributed by atoms with Crippen LogP contribution in [-0.2, 0) is 6.42 Å². The first kappa shape index (κ1) is 15.0. The molecule has 0 amide bonds. The molecule has 2 rings (SSSR count). The lowest BCUT2D eigenvalue weighted by Crippen LogP contribution is -2.30. The minimum absolute atomic E-state index is 0.130. The summed E-state index contributed by atoms with van der Waals surface area (Å²) >= 11 is 3.54. The van der Waals surface area contributed by atoms with Crippen molar-refractivity contribution in [2.75, 3.05) is 6.54 Å². The van der Waals surface area contributed by atoms with Crippen molar-refractivity contribution in [3.8, 4) is 0 Å². The highest BCUT2D eigenvalue weighted by atomic mass is 79.9. The van der Waals surface area contributed by atoms with Crippen molar-refractivity contribution in [1.29, 1.82) is 0 Å². The zero-order chi connectivity index (χ0) is 13.7. The number of hydrogen-bond acceptors (Lipinski definition) is 1. The quantitative estimate of drug-likeness (QED) is 0.791. The van der Waals surface area contributed by atoms with Crippen LogP contribution in [0.25, 0.3) is 0 Å². The average molecular weight is 328 g/mol. The fourth-order valence-electron chi connectivity index (χ4n) is 3.13. The molecule has 1 aliphatic carbocycles. The van der Waals surface area contributed by atoms with E-state index >= 15 is 0 Å². The third kappa shape index (κ3) is 4.57. The van der Waals surface area contributed by atoms with Gasteiger partial charge in [-0.25, -0.2) is 4.39 Å². The van der Waals surface area contributed by atoms with Gasteiger partial charge in [0.1, 0.15) is 5.82 Å². The van der Waals surface area contributed by atoms with Crippen LogP contribution >= 0.6 is 15.9 Å². The molecule has 3 heteroatoms. The van der Waals surface area contributed by atoms with Crippen LogP contribution in [0.5, 0.6) is 0 Å². The summed E-state index contributed by atoms with van der Waals surface area (Å²) in [7, 11) is 0. The van der Waals surface area contributed by atoms with E-state index in [2.05, 4.69) is 28.2 Å². The standard InChI is InChI=1S/C16H23BrFN/c1-2-19-15-6-4-3-5-12(10-15)9-13-11-14(18)7-8-16(13)17/h7-8,11-12,15,19H,2-6,9-10H2,1H3. The van der Waals surface area contributed by atoms with Crippen molar-refractivity contribution in [3.63, 3.8) is 0 Å². The fourth-order valence-corrected chi connectivity index (χ4v) is 3.54. The van der Waals surface area contributed by atoms with Crippen LogP contribution < -0.4 is 5.32 Å². The molecular formula is C16H23BrFN. The van der Waals surface area contributed by atoms with Crippen LogP contribution in [0, 0.1) is 11.7 Å². The Balaban J connectivity index is 2.02. The van der Waals surface area contributed by atoms with Gasteiger partial charge in [0.2, 0.25) is 0 Å². The minimum Gasteiger partial charge on any atom is -0.314 e. The van der Waals surface area contributed by atoms with Crippen molar-refractivity contribution in [2.45, 2.75) is 51.5 Å². The first-order valence-corrected chi connectivity index (χ1v) is 8.15. The SMILES string of the molecule is CCNC1CCCCC(Cc2cc(F)ccc2Br)C1. The topological polar surface area (TPSA) is 12.0 Å². The number of halogens is 2. The Hall–Kier alpha value is -0.410. The maximum absolute atomic E-state index is 13.3. The van der Waals surface area contributed by atoms with Crippen LogP contribution in [0.3, 0.4) is 0 Å². The van der Waals surface area contributed by atoms with E-state index in [1.165, 1.54) is 38.2 Å². The molecule has 0 saturated heterocycles. The minimum atomic E-state index is -0.130. The summed E-state index contributed by atoms with van der Waals surface area (Å²) in [6.07, 6.45) is 7.38. The molecule has 0 spiro atoms. The largest absolute Gasteiger partial charge is 0.314 e. The van der Waals surface area contributed by atoms with Gasteiger partial charge in [-0.3, -0.25) is 0 Å². The van der Waals surface area contributed by atoms with Crippen LogP contribution in [0.15, 0.2) is 22.7 Å². The molecule has 106 valence electrons. The van der Waals surface area contributed by atoms with E-state index in [0.29, 0.717) is 12.0 Å². The van der Waals surface area contributed by atoms with Crippen LogP contribution in [-0.4, -0.2) is 12.6 Å². The van der Waals surface area contributed by atoms with Gasteiger partial charge in [0.15, 0.2) is 0 Å². The molecule has 0 radical (unpaired) electrons. The molecule has 1 nitrogen and oxygen atoms in total. The van der Waals surface area contributed by atoms with E-state index in [4.69, 9.17) is 0 Å². The van der Waals surface area contributed by atoms with Gasteiger partial charge in [0, 0.05) is 10.5 Å². The Kier molecular flexibility index (Phi) is 5.83. The van der Waals surface area contributed by atoms with Crippen molar-refractivity contribution in [3.05, 3.63) is 34.1 Å². The molecule has 1 saturated carbocycles. The number of hydrogen-bond donors (Lipinski definition) is 1. The predicted octanol–water partition coefficient (Wildman–Crippen LogP) is 4.69. The summed E-state index contributed by atoms with van der Waals surface area (Å²) in [5.41, 5.74) is 1.11. The highest BCUT2D eigenvalue weighted by Crippen LogP contribution is 2.29. The highest BCUT2D eigenvalue weighted by molar-refractivity contribution is 9.10. The normalized spacial score (nSPS) is 24.2. The molecule has 0 heterocycles. The van der Waals surface area contributed by atoms with E-state index in [1.807, 2.05) is 6.07 Å². The van der Waals surface area contributed by atoms with E-state index in [9.17, 15) is 4.39 Å².